The third kappa shape index (κ3) is 3.11. The number of amides is 1. The molecule has 0 bridgehead atoms. The molecule has 6 nitrogen and oxygen atoms in total. The number of carbonyl (C=O) groups is 1. The van der Waals surface area contributed by atoms with Crippen LogP contribution in [-0.4, -0.2) is 22.0 Å². The van der Waals surface area contributed by atoms with Gasteiger partial charge in [-0.05, 0) is 30.3 Å². The van der Waals surface area contributed by atoms with Crippen LogP contribution in [0.5, 0.6) is 5.75 Å². The number of aromatic hydroxyl groups is 1. The van der Waals surface area contributed by atoms with Crippen molar-refractivity contribution in [1.82, 2.24) is 10.3 Å². The van der Waals surface area contributed by atoms with Crippen molar-refractivity contribution in [2.45, 2.75) is 0 Å². The Morgan fingerprint density at radius 1 is 1.09 bits per heavy atom. The highest BCUT2D eigenvalue weighted by Gasteiger charge is 2.14. The molecule has 0 fully saturated rings. The summed E-state index contributed by atoms with van der Waals surface area (Å²) < 4.78 is 0. The minimum atomic E-state index is -0.462. The number of carbonyl (C=O) groups excluding carboxylic acids is 1. The van der Waals surface area contributed by atoms with Crippen LogP contribution in [0.1, 0.15) is 10.4 Å². The number of rotatable bonds is 2. The zero-order chi connectivity index (χ0) is 16.2. The first-order chi connectivity index (χ1) is 11.1. The number of phenols is 1. The minimum absolute atomic E-state index is 0.0145. The molecular formula is C17H14N4O2. The second kappa shape index (κ2) is 6.15. The van der Waals surface area contributed by atoms with Crippen LogP contribution in [0.4, 0.5) is 5.69 Å². The highest BCUT2D eigenvalue weighted by Crippen LogP contribution is 2.26. The summed E-state index contributed by atoms with van der Waals surface area (Å²) >= 11 is 0. The summed E-state index contributed by atoms with van der Waals surface area (Å²) in [5.74, 6) is -0.503. The molecular weight excluding hydrogens is 292 g/mol. The molecule has 114 valence electrons. The Bertz CT molecular complexity index is 886. The van der Waals surface area contributed by atoms with Crippen LogP contribution in [0.2, 0.25) is 0 Å². The molecule has 6 heteroatoms. The van der Waals surface area contributed by atoms with Crippen molar-refractivity contribution >= 4 is 28.5 Å². The number of benzene rings is 2. The van der Waals surface area contributed by atoms with E-state index in [0.29, 0.717) is 16.6 Å². The van der Waals surface area contributed by atoms with Gasteiger partial charge in [-0.3, -0.25) is 15.1 Å². The van der Waals surface area contributed by atoms with Crippen molar-refractivity contribution in [3.8, 4) is 5.75 Å². The number of guanidine groups is 1. The average molecular weight is 306 g/mol. The molecule has 1 aromatic heterocycles. The first kappa shape index (κ1) is 14.5. The molecule has 4 N–H and O–H groups in total. The molecule has 0 radical (unpaired) electrons. The van der Waals surface area contributed by atoms with Crippen LogP contribution >= 0.6 is 0 Å². The standard InChI is InChI=1S/C17H14N4O2/c18-17(20-11-5-2-1-3-6-11)21-16(23)12-9-10-19-13-7-4-8-14(22)15(12)13/h1-10,22H,(H3,18,20,21,23). The summed E-state index contributed by atoms with van der Waals surface area (Å²) in [6.45, 7) is 0. The number of pyridine rings is 1. The summed E-state index contributed by atoms with van der Waals surface area (Å²) in [6, 6.07) is 15.4. The number of nitrogens with two attached hydrogens (primary N) is 1. The lowest BCUT2D eigenvalue weighted by Crippen LogP contribution is -2.36. The number of phenolic OH excluding ortho intramolecular Hbond substituents is 1. The lowest BCUT2D eigenvalue weighted by molar-refractivity contribution is 0.0978. The first-order valence-electron chi connectivity index (χ1n) is 6.92. The van der Waals surface area contributed by atoms with Crippen LogP contribution in [0.15, 0.2) is 65.8 Å². The van der Waals surface area contributed by atoms with Gasteiger partial charge in [0.1, 0.15) is 5.75 Å². The summed E-state index contributed by atoms with van der Waals surface area (Å²) in [5, 5.41) is 12.9. The van der Waals surface area contributed by atoms with E-state index in [1.807, 2.05) is 18.2 Å². The summed E-state index contributed by atoms with van der Waals surface area (Å²) in [7, 11) is 0. The van der Waals surface area contributed by atoms with Gasteiger partial charge in [-0.1, -0.05) is 24.3 Å². The van der Waals surface area contributed by atoms with Crippen molar-refractivity contribution in [2.75, 3.05) is 0 Å². The number of para-hydroxylation sites is 1. The molecule has 2 aromatic carbocycles. The van der Waals surface area contributed by atoms with Crippen LogP contribution in [0.3, 0.4) is 0 Å². The molecule has 0 saturated heterocycles. The van der Waals surface area contributed by atoms with E-state index < -0.39 is 5.91 Å². The second-order valence-corrected chi connectivity index (χ2v) is 4.82. The Balaban J connectivity index is 1.91. The van der Waals surface area contributed by atoms with E-state index in [-0.39, 0.29) is 17.3 Å². The van der Waals surface area contributed by atoms with Gasteiger partial charge in [0.15, 0.2) is 0 Å². The van der Waals surface area contributed by atoms with E-state index in [9.17, 15) is 9.90 Å². The fraction of sp³-hybridized carbons (Fsp3) is 0. The van der Waals surface area contributed by atoms with Gasteiger partial charge in [-0.2, -0.15) is 0 Å². The molecule has 0 saturated carbocycles. The predicted octanol–water partition coefficient (Wildman–Crippen LogP) is 2.32. The van der Waals surface area contributed by atoms with E-state index >= 15 is 0 Å². The molecule has 3 rings (SSSR count). The number of fused-ring (bicyclic) bond motifs is 1. The summed E-state index contributed by atoms with van der Waals surface area (Å²) in [6.07, 6.45) is 1.50. The second-order valence-electron chi connectivity index (χ2n) is 4.82. The monoisotopic (exact) mass is 306 g/mol. The van der Waals surface area contributed by atoms with E-state index in [0.717, 1.165) is 0 Å². The van der Waals surface area contributed by atoms with Crippen molar-refractivity contribution in [2.24, 2.45) is 10.7 Å². The van der Waals surface area contributed by atoms with Gasteiger partial charge in [0.05, 0.1) is 22.2 Å². The Morgan fingerprint density at radius 3 is 2.65 bits per heavy atom. The topological polar surface area (TPSA) is 101 Å². The van der Waals surface area contributed by atoms with Crippen molar-refractivity contribution in [1.29, 1.82) is 0 Å². The fourth-order valence-electron chi connectivity index (χ4n) is 2.23. The number of nitrogens with one attached hydrogen (secondary N) is 1. The Morgan fingerprint density at radius 2 is 1.87 bits per heavy atom. The van der Waals surface area contributed by atoms with Gasteiger partial charge < -0.3 is 10.8 Å². The van der Waals surface area contributed by atoms with Crippen molar-refractivity contribution in [3.63, 3.8) is 0 Å². The molecule has 0 aliphatic rings. The molecule has 23 heavy (non-hydrogen) atoms. The van der Waals surface area contributed by atoms with Crippen molar-refractivity contribution < 1.29 is 9.90 Å². The number of hydrogen-bond acceptors (Lipinski definition) is 4. The summed E-state index contributed by atoms with van der Waals surface area (Å²) in [5.41, 5.74) is 7.20. The van der Waals surface area contributed by atoms with E-state index in [1.165, 1.54) is 18.3 Å². The zero-order valence-corrected chi connectivity index (χ0v) is 12.1. The van der Waals surface area contributed by atoms with Crippen LogP contribution in [0, 0.1) is 0 Å². The molecule has 1 heterocycles. The molecule has 0 aliphatic heterocycles. The minimum Gasteiger partial charge on any atom is -0.507 e. The lowest BCUT2D eigenvalue weighted by Gasteiger charge is -2.08. The average Bonchev–Trinajstić information content (AvgIpc) is 2.55. The first-order valence-corrected chi connectivity index (χ1v) is 6.92. The molecule has 0 spiro atoms. The van der Waals surface area contributed by atoms with Crippen LogP contribution in [-0.2, 0) is 0 Å². The fourth-order valence-corrected chi connectivity index (χ4v) is 2.23. The van der Waals surface area contributed by atoms with Gasteiger partial charge in [-0.15, -0.1) is 0 Å². The SMILES string of the molecule is NC(=Nc1ccccc1)NC(=O)c1ccnc2cccc(O)c12. The van der Waals surface area contributed by atoms with Gasteiger partial charge in [-0.25, -0.2) is 4.99 Å². The number of hydrogen-bond donors (Lipinski definition) is 3. The lowest BCUT2D eigenvalue weighted by atomic mass is 10.1. The quantitative estimate of drug-likeness (QED) is 0.499. The van der Waals surface area contributed by atoms with Crippen LogP contribution < -0.4 is 11.1 Å². The normalized spacial score (nSPS) is 11.4. The molecule has 3 aromatic rings. The third-order valence-electron chi connectivity index (χ3n) is 3.24. The zero-order valence-electron chi connectivity index (χ0n) is 12.1. The van der Waals surface area contributed by atoms with Gasteiger partial charge in [0.2, 0.25) is 5.96 Å². The third-order valence-corrected chi connectivity index (χ3v) is 3.24. The van der Waals surface area contributed by atoms with E-state index in [4.69, 9.17) is 5.73 Å². The molecule has 0 atom stereocenters. The van der Waals surface area contributed by atoms with Gasteiger partial charge in [0, 0.05) is 6.20 Å². The maximum Gasteiger partial charge on any atom is 0.258 e. The molecule has 0 unspecified atom stereocenters. The highest BCUT2D eigenvalue weighted by molar-refractivity contribution is 6.13. The Labute approximate surface area is 132 Å². The van der Waals surface area contributed by atoms with E-state index in [2.05, 4.69) is 15.3 Å². The van der Waals surface area contributed by atoms with Gasteiger partial charge in [0.25, 0.3) is 5.91 Å². The molecule has 0 aliphatic carbocycles. The van der Waals surface area contributed by atoms with Gasteiger partial charge >= 0.3 is 0 Å². The Hall–Kier alpha value is -3.41. The Kier molecular flexibility index (Phi) is 3.88. The largest absolute Gasteiger partial charge is 0.507 e. The maximum atomic E-state index is 12.4. The molecule has 1 amide bonds. The number of nitrogens with zero attached hydrogens (tertiary/aromatic N) is 2. The van der Waals surface area contributed by atoms with Crippen molar-refractivity contribution in [3.05, 3.63) is 66.4 Å². The smallest absolute Gasteiger partial charge is 0.258 e. The van der Waals surface area contributed by atoms with E-state index in [1.54, 1.807) is 24.3 Å². The summed E-state index contributed by atoms with van der Waals surface area (Å²) in [4.78, 5) is 20.6. The highest BCUT2D eigenvalue weighted by atomic mass is 16.3. The number of aliphatic imine (C=N–C) groups is 1. The predicted molar refractivity (Wildman–Crippen MR) is 88.6 cm³/mol. The maximum absolute atomic E-state index is 12.4. The van der Waals surface area contributed by atoms with Crippen LogP contribution in [0.25, 0.3) is 10.9 Å². The number of aromatic nitrogens is 1.